The molecule has 0 aromatic rings. The van der Waals surface area contributed by atoms with Crippen LogP contribution in [-0.2, 0) is 4.79 Å². The summed E-state index contributed by atoms with van der Waals surface area (Å²) in [6.45, 7) is 11.9. The molecule has 1 N–H and O–H groups in total. The number of amides is 1. The van der Waals surface area contributed by atoms with E-state index in [1.165, 1.54) is 0 Å². The van der Waals surface area contributed by atoms with Gasteiger partial charge in [-0.15, -0.1) is 0 Å². The molecule has 0 aromatic carbocycles. The van der Waals surface area contributed by atoms with Crippen LogP contribution in [0.25, 0.3) is 0 Å². The Bertz CT molecular complexity index is 265. The zero-order valence-electron chi connectivity index (χ0n) is 12.7. The van der Waals surface area contributed by atoms with Gasteiger partial charge in [-0.1, -0.05) is 47.5 Å². The second-order valence-electron chi connectivity index (χ2n) is 6.00. The Morgan fingerprint density at radius 2 is 1.94 bits per heavy atom. The predicted molar refractivity (Wildman–Crippen MR) is 76.2 cm³/mol. The van der Waals surface area contributed by atoms with E-state index < -0.39 is 0 Å². The van der Waals surface area contributed by atoms with Gasteiger partial charge < -0.3 is 4.90 Å². The van der Waals surface area contributed by atoms with Crippen molar-refractivity contribution in [3.8, 4) is 0 Å². The van der Waals surface area contributed by atoms with E-state index in [2.05, 4.69) is 44.8 Å². The molecule has 0 aromatic heterocycles. The summed E-state index contributed by atoms with van der Waals surface area (Å²) in [4.78, 5) is 14.5. The summed E-state index contributed by atoms with van der Waals surface area (Å²) >= 11 is 0. The Balaban J connectivity index is 2.61. The standard InChI is InChI=1S/C15H30N2O/c1-6-8-9-13-15(18)17(14(7-2)16-13)10-12(5)11(3)4/h11-14,16H,6-10H2,1-5H3. The fourth-order valence-corrected chi connectivity index (χ4v) is 2.44. The van der Waals surface area contributed by atoms with E-state index >= 15 is 0 Å². The van der Waals surface area contributed by atoms with Crippen LogP contribution in [0.1, 0.15) is 60.3 Å². The third-order valence-electron chi connectivity index (χ3n) is 4.21. The van der Waals surface area contributed by atoms with Crippen molar-refractivity contribution in [3.63, 3.8) is 0 Å². The summed E-state index contributed by atoms with van der Waals surface area (Å²) in [7, 11) is 0. The summed E-state index contributed by atoms with van der Waals surface area (Å²) in [6.07, 6.45) is 4.52. The van der Waals surface area contributed by atoms with Crippen molar-refractivity contribution in [1.29, 1.82) is 0 Å². The molecule has 0 saturated carbocycles. The third kappa shape index (κ3) is 3.71. The van der Waals surface area contributed by atoms with Crippen LogP contribution in [0.2, 0.25) is 0 Å². The van der Waals surface area contributed by atoms with Crippen molar-refractivity contribution in [2.45, 2.75) is 72.5 Å². The molecule has 0 radical (unpaired) electrons. The molecule has 106 valence electrons. The number of nitrogens with one attached hydrogen (secondary N) is 1. The molecular formula is C15H30N2O. The Morgan fingerprint density at radius 3 is 2.44 bits per heavy atom. The van der Waals surface area contributed by atoms with Gasteiger partial charge in [-0.25, -0.2) is 0 Å². The summed E-state index contributed by atoms with van der Waals surface area (Å²) in [5, 5.41) is 3.50. The highest BCUT2D eigenvalue weighted by atomic mass is 16.2. The molecule has 3 unspecified atom stereocenters. The maximum Gasteiger partial charge on any atom is 0.241 e. The van der Waals surface area contributed by atoms with Gasteiger partial charge in [0.15, 0.2) is 0 Å². The zero-order chi connectivity index (χ0) is 13.7. The van der Waals surface area contributed by atoms with Crippen LogP contribution in [0, 0.1) is 11.8 Å². The highest BCUT2D eigenvalue weighted by Crippen LogP contribution is 2.21. The fraction of sp³-hybridized carbons (Fsp3) is 0.933. The lowest BCUT2D eigenvalue weighted by Crippen LogP contribution is -2.40. The first-order valence-electron chi connectivity index (χ1n) is 7.57. The molecule has 0 bridgehead atoms. The van der Waals surface area contributed by atoms with Crippen molar-refractivity contribution in [3.05, 3.63) is 0 Å². The van der Waals surface area contributed by atoms with E-state index in [1.807, 2.05) is 0 Å². The van der Waals surface area contributed by atoms with E-state index in [-0.39, 0.29) is 12.2 Å². The summed E-state index contributed by atoms with van der Waals surface area (Å²) in [6, 6.07) is 0.0641. The second-order valence-corrected chi connectivity index (χ2v) is 6.00. The SMILES string of the molecule is CCCCC1NC(CC)N(CC(C)C(C)C)C1=O. The first-order chi connectivity index (χ1) is 8.51. The summed E-state index contributed by atoms with van der Waals surface area (Å²) in [5.74, 6) is 1.52. The molecular weight excluding hydrogens is 224 g/mol. The fourth-order valence-electron chi connectivity index (χ4n) is 2.44. The van der Waals surface area contributed by atoms with Crippen LogP contribution in [0.5, 0.6) is 0 Å². The number of nitrogens with zero attached hydrogens (tertiary/aromatic N) is 1. The van der Waals surface area contributed by atoms with Crippen LogP contribution in [0.4, 0.5) is 0 Å². The molecule has 3 nitrogen and oxygen atoms in total. The third-order valence-corrected chi connectivity index (χ3v) is 4.21. The molecule has 18 heavy (non-hydrogen) atoms. The molecule has 1 amide bonds. The number of rotatable bonds is 7. The maximum absolute atomic E-state index is 12.4. The number of carbonyl (C=O) groups is 1. The molecule has 1 fully saturated rings. The molecule has 1 aliphatic heterocycles. The van der Waals surface area contributed by atoms with Gasteiger partial charge in [-0.3, -0.25) is 10.1 Å². The number of carbonyl (C=O) groups excluding carboxylic acids is 1. The first kappa shape index (κ1) is 15.5. The smallest absolute Gasteiger partial charge is 0.241 e. The van der Waals surface area contributed by atoms with E-state index in [4.69, 9.17) is 0 Å². The minimum Gasteiger partial charge on any atom is -0.326 e. The van der Waals surface area contributed by atoms with Gasteiger partial charge in [0.1, 0.15) is 0 Å². The lowest BCUT2D eigenvalue weighted by atomic mass is 9.97. The molecule has 1 heterocycles. The van der Waals surface area contributed by atoms with Gasteiger partial charge in [0.25, 0.3) is 0 Å². The molecule has 3 heteroatoms. The van der Waals surface area contributed by atoms with E-state index in [1.54, 1.807) is 0 Å². The molecule has 1 saturated heterocycles. The van der Waals surface area contributed by atoms with Crippen molar-refractivity contribution >= 4 is 5.91 Å². The van der Waals surface area contributed by atoms with Crippen LogP contribution in [0.15, 0.2) is 0 Å². The van der Waals surface area contributed by atoms with E-state index in [0.717, 1.165) is 32.2 Å². The normalized spacial score (nSPS) is 26.1. The Kier molecular flexibility index (Phi) is 6.13. The van der Waals surface area contributed by atoms with Gasteiger partial charge in [0, 0.05) is 6.54 Å². The largest absolute Gasteiger partial charge is 0.326 e. The minimum atomic E-state index is 0.0641. The average molecular weight is 254 g/mol. The Morgan fingerprint density at radius 1 is 1.28 bits per heavy atom. The lowest BCUT2D eigenvalue weighted by Gasteiger charge is -2.28. The highest BCUT2D eigenvalue weighted by Gasteiger charge is 2.37. The highest BCUT2D eigenvalue weighted by molar-refractivity contribution is 5.84. The second kappa shape index (κ2) is 7.13. The van der Waals surface area contributed by atoms with Crippen LogP contribution < -0.4 is 5.32 Å². The van der Waals surface area contributed by atoms with Crippen molar-refractivity contribution in [2.24, 2.45) is 11.8 Å². The van der Waals surface area contributed by atoms with Crippen molar-refractivity contribution in [2.75, 3.05) is 6.54 Å². The Hall–Kier alpha value is -0.570. The lowest BCUT2D eigenvalue weighted by molar-refractivity contribution is -0.130. The minimum absolute atomic E-state index is 0.0641. The average Bonchev–Trinajstić information content (AvgIpc) is 2.64. The molecule has 0 aliphatic carbocycles. The number of hydrogen-bond donors (Lipinski definition) is 1. The van der Waals surface area contributed by atoms with Crippen molar-refractivity contribution in [1.82, 2.24) is 10.2 Å². The van der Waals surface area contributed by atoms with Gasteiger partial charge in [-0.05, 0) is 24.7 Å². The van der Waals surface area contributed by atoms with Gasteiger partial charge in [0.2, 0.25) is 5.91 Å². The topological polar surface area (TPSA) is 32.3 Å². The molecule has 3 atom stereocenters. The van der Waals surface area contributed by atoms with E-state index in [0.29, 0.717) is 17.7 Å². The molecule has 1 rings (SSSR count). The Labute approximate surface area is 112 Å². The van der Waals surface area contributed by atoms with Crippen LogP contribution in [0.3, 0.4) is 0 Å². The quantitative estimate of drug-likeness (QED) is 0.757. The molecule has 0 spiro atoms. The molecule has 1 aliphatic rings. The maximum atomic E-state index is 12.4. The first-order valence-corrected chi connectivity index (χ1v) is 7.57. The zero-order valence-corrected chi connectivity index (χ0v) is 12.7. The van der Waals surface area contributed by atoms with Crippen LogP contribution >= 0.6 is 0 Å². The predicted octanol–water partition coefficient (Wildman–Crippen LogP) is 3.01. The van der Waals surface area contributed by atoms with Gasteiger partial charge in [0.05, 0.1) is 12.2 Å². The summed E-state index contributed by atoms with van der Waals surface area (Å²) in [5.41, 5.74) is 0. The number of unbranched alkanes of at least 4 members (excludes halogenated alkanes) is 1. The summed E-state index contributed by atoms with van der Waals surface area (Å²) < 4.78 is 0. The van der Waals surface area contributed by atoms with Gasteiger partial charge in [-0.2, -0.15) is 0 Å². The van der Waals surface area contributed by atoms with Gasteiger partial charge >= 0.3 is 0 Å². The number of hydrogen-bond acceptors (Lipinski definition) is 2. The van der Waals surface area contributed by atoms with E-state index in [9.17, 15) is 4.79 Å². The van der Waals surface area contributed by atoms with Crippen LogP contribution in [-0.4, -0.2) is 29.6 Å². The van der Waals surface area contributed by atoms with Crippen molar-refractivity contribution < 1.29 is 4.79 Å². The monoisotopic (exact) mass is 254 g/mol.